The van der Waals surface area contributed by atoms with E-state index in [0.29, 0.717) is 6.54 Å². The summed E-state index contributed by atoms with van der Waals surface area (Å²) in [5, 5.41) is 3.49. The molecule has 1 fully saturated rings. The highest BCUT2D eigenvalue weighted by Crippen LogP contribution is 2.24. The van der Waals surface area contributed by atoms with Crippen LogP contribution in [0.25, 0.3) is 0 Å². The fourth-order valence-electron chi connectivity index (χ4n) is 1.84. The van der Waals surface area contributed by atoms with E-state index >= 15 is 0 Å². The lowest BCUT2D eigenvalue weighted by atomic mass is 10.2. The predicted molar refractivity (Wildman–Crippen MR) is 68.8 cm³/mol. The van der Waals surface area contributed by atoms with Crippen molar-refractivity contribution in [3.05, 3.63) is 34.6 Å². The van der Waals surface area contributed by atoms with Crippen LogP contribution in [0.1, 0.15) is 18.4 Å². The molecule has 1 aromatic rings. The van der Waals surface area contributed by atoms with E-state index in [1.54, 1.807) is 6.07 Å². The summed E-state index contributed by atoms with van der Waals surface area (Å²) < 4.78 is 13.2. The van der Waals surface area contributed by atoms with Gasteiger partial charge in [0.05, 0.1) is 5.02 Å². The van der Waals surface area contributed by atoms with Gasteiger partial charge in [-0.15, -0.1) is 0 Å². The maximum Gasteiger partial charge on any atom is 0.142 e. The highest BCUT2D eigenvalue weighted by atomic mass is 35.5. The number of nitrogens with one attached hydrogen (secondary N) is 1. The van der Waals surface area contributed by atoms with Crippen molar-refractivity contribution < 1.29 is 4.39 Å². The third-order valence-electron chi connectivity index (χ3n) is 3.12. The van der Waals surface area contributed by atoms with E-state index in [4.69, 9.17) is 11.6 Å². The Morgan fingerprint density at radius 2 is 2.24 bits per heavy atom. The first kappa shape index (κ1) is 12.8. The van der Waals surface area contributed by atoms with Gasteiger partial charge in [0, 0.05) is 25.7 Å². The molecule has 1 aliphatic carbocycles. The molecular formula is C13H18ClFN2. The zero-order chi connectivity index (χ0) is 12.3. The van der Waals surface area contributed by atoms with Crippen molar-refractivity contribution in [2.24, 2.45) is 0 Å². The molecule has 0 amide bonds. The Morgan fingerprint density at radius 1 is 1.47 bits per heavy atom. The lowest BCUT2D eigenvalue weighted by molar-refractivity contribution is 0.321. The second-order valence-electron chi connectivity index (χ2n) is 4.64. The third kappa shape index (κ3) is 3.95. The molecule has 0 heterocycles. The molecule has 1 aromatic carbocycles. The summed E-state index contributed by atoms with van der Waals surface area (Å²) in [6.45, 7) is 2.66. The molecule has 1 saturated carbocycles. The SMILES string of the molecule is CN(CCNCc1ccc(Cl)c(F)c1)C1CC1. The molecule has 0 radical (unpaired) electrons. The zero-order valence-electron chi connectivity index (χ0n) is 10.0. The van der Waals surface area contributed by atoms with Gasteiger partial charge >= 0.3 is 0 Å². The summed E-state index contributed by atoms with van der Waals surface area (Å²) in [6, 6.07) is 5.73. The Balaban J connectivity index is 1.68. The molecular weight excluding hydrogens is 239 g/mol. The Labute approximate surface area is 107 Å². The van der Waals surface area contributed by atoms with E-state index in [1.165, 1.54) is 18.9 Å². The fraction of sp³-hybridized carbons (Fsp3) is 0.538. The zero-order valence-corrected chi connectivity index (χ0v) is 10.8. The van der Waals surface area contributed by atoms with Crippen molar-refractivity contribution in [2.45, 2.75) is 25.4 Å². The Bertz CT molecular complexity index is 380. The van der Waals surface area contributed by atoms with E-state index in [2.05, 4.69) is 17.3 Å². The second kappa shape index (κ2) is 5.80. The molecule has 0 saturated heterocycles. The van der Waals surface area contributed by atoms with Gasteiger partial charge in [-0.1, -0.05) is 17.7 Å². The van der Waals surface area contributed by atoms with Gasteiger partial charge in [0.1, 0.15) is 5.82 Å². The lowest BCUT2D eigenvalue weighted by Crippen LogP contribution is -2.30. The normalized spacial score (nSPS) is 15.5. The number of benzene rings is 1. The maximum atomic E-state index is 13.2. The highest BCUT2D eigenvalue weighted by molar-refractivity contribution is 6.30. The fourth-order valence-corrected chi connectivity index (χ4v) is 1.95. The summed E-state index contributed by atoms with van der Waals surface area (Å²) >= 11 is 5.62. The van der Waals surface area contributed by atoms with Crippen LogP contribution in [-0.2, 0) is 6.54 Å². The van der Waals surface area contributed by atoms with Gasteiger partial charge in [0.2, 0.25) is 0 Å². The minimum absolute atomic E-state index is 0.183. The summed E-state index contributed by atoms with van der Waals surface area (Å²) in [5.74, 6) is -0.346. The van der Waals surface area contributed by atoms with Crippen LogP contribution in [0.15, 0.2) is 18.2 Å². The Kier molecular flexibility index (Phi) is 4.37. The van der Waals surface area contributed by atoms with Gasteiger partial charge in [0.15, 0.2) is 0 Å². The van der Waals surface area contributed by atoms with Crippen molar-refractivity contribution in [1.29, 1.82) is 0 Å². The summed E-state index contributed by atoms with van der Waals surface area (Å²) in [7, 11) is 2.15. The first-order valence-corrected chi connectivity index (χ1v) is 6.39. The van der Waals surface area contributed by atoms with E-state index in [1.807, 2.05) is 6.07 Å². The molecule has 4 heteroatoms. The Morgan fingerprint density at radius 3 is 2.88 bits per heavy atom. The van der Waals surface area contributed by atoms with Crippen LogP contribution >= 0.6 is 11.6 Å². The first-order valence-electron chi connectivity index (χ1n) is 6.01. The first-order chi connectivity index (χ1) is 8.16. The molecule has 0 unspecified atom stereocenters. The van der Waals surface area contributed by atoms with Crippen molar-refractivity contribution in [2.75, 3.05) is 20.1 Å². The molecule has 0 atom stereocenters. The van der Waals surface area contributed by atoms with E-state index in [9.17, 15) is 4.39 Å². The van der Waals surface area contributed by atoms with Crippen LogP contribution in [0.2, 0.25) is 5.02 Å². The van der Waals surface area contributed by atoms with E-state index in [-0.39, 0.29) is 10.8 Å². The van der Waals surface area contributed by atoms with Gasteiger partial charge in [0.25, 0.3) is 0 Å². The second-order valence-corrected chi connectivity index (χ2v) is 5.04. The van der Waals surface area contributed by atoms with Gasteiger partial charge in [-0.2, -0.15) is 0 Å². The number of hydrogen-bond acceptors (Lipinski definition) is 2. The van der Waals surface area contributed by atoms with Gasteiger partial charge in [-0.05, 0) is 37.6 Å². The topological polar surface area (TPSA) is 15.3 Å². The van der Waals surface area contributed by atoms with Crippen molar-refractivity contribution in [1.82, 2.24) is 10.2 Å². The monoisotopic (exact) mass is 256 g/mol. The molecule has 0 aromatic heterocycles. The molecule has 2 nitrogen and oxygen atoms in total. The molecule has 2 rings (SSSR count). The van der Waals surface area contributed by atoms with Crippen LogP contribution in [0.5, 0.6) is 0 Å². The molecule has 0 spiro atoms. The van der Waals surface area contributed by atoms with Crippen molar-refractivity contribution >= 4 is 11.6 Å². The average Bonchev–Trinajstić information content (AvgIpc) is 3.13. The summed E-state index contributed by atoms with van der Waals surface area (Å²) in [5.41, 5.74) is 0.931. The number of nitrogens with zero attached hydrogens (tertiary/aromatic N) is 1. The minimum atomic E-state index is -0.346. The maximum absolute atomic E-state index is 13.2. The lowest BCUT2D eigenvalue weighted by Gasteiger charge is -2.15. The molecule has 0 aliphatic heterocycles. The number of rotatable bonds is 6. The number of hydrogen-bond donors (Lipinski definition) is 1. The number of halogens is 2. The molecule has 1 aliphatic rings. The van der Waals surface area contributed by atoms with Crippen LogP contribution in [0, 0.1) is 5.82 Å². The Hall–Kier alpha value is -0.640. The van der Waals surface area contributed by atoms with Crippen molar-refractivity contribution in [3.8, 4) is 0 Å². The van der Waals surface area contributed by atoms with Crippen LogP contribution in [-0.4, -0.2) is 31.1 Å². The van der Waals surface area contributed by atoms with Gasteiger partial charge in [-0.25, -0.2) is 4.39 Å². The van der Waals surface area contributed by atoms with Crippen molar-refractivity contribution in [3.63, 3.8) is 0 Å². The van der Waals surface area contributed by atoms with Gasteiger partial charge < -0.3 is 10.2 Å². The van der Waals surface area contributed by atoms with Crippen LogP contribution in [0.3, 0.4) is 0 Å². The highest BCUT2D eigenvalue weighted by Gasteiger charge is 2.25. The minimum Gasteiger partial charge on any atom is -0.311 e. The smallest absolute Gasteiger partial charge is 0.142 e. The number of likely N-dealkylation sites (N-methyl/N-ethyl adjacent to an activating group) is 1. The third-order valence-corrected chi connectivity index (χ3v) is 3.43. The molecule has 1 N–H and O–H groups in total. The largest absolute Gasteiger partial charge is 0.311 e. The predicted octanol–water partition coefficient (Wildman–Crippen LogP) is 2.66. The molecule has 17 heavy (non-hydrogen) atoms. The molecule has 94 valence electrons. The quantitative estimate of drug-likeness (QED) is 0.788. The average molecular weight is 257 g/mol. The molecule has 0 bridgehead atoms. The summed E-state index contributed by atoms with van der Waals surface area (Å²) in [4.78, 5) is 2.37. The van der Waals surface area contributed by atoms with Crippen LogP contribution in [0.4, 0.5) is 4.39 Å². The summed E-state index contributed by atoms with van der Waals surface area (Å²) in [6.07, 6.45) is 2.66. The van der Waals surface area contributed by atoms with Gasteiger partial charge in [-0.3, -0.25) is 0 Å². The van der Waals surface area contributed by atoms with E-state index < -0.39 is 0 Å². The van der Waals surface area contributed by atoms with Crippen LogP contribution < -0.4 is 5.32 Å². The standard InChI is InChI=1S/C13H18ClFN2/c1-17(11-3-4-11)7-6-16-9-10-2-5-12(14)13(15)8-10/h2,5,8,11,16H,3-4,6-7,9H2,1H3. The van der Waals surface area contributed by atoms with E-state index in [0.717, 1.165) is 24.7 Å².